The molecule has 1 unspecified atom stereocenters. The lowest BCUT2D eigenvalue weighted by Crippen LogP contribution is -2.45. The smallest absolute Gasteiger partial charge is 0.337 e. The third-order valence-electron chi connectivity index (χ3n) is 4.50. The zero-order valence-corrected chi connectivity index (χ0v) is 18.4. The molecule has 2 aromatic carbocycles. The predicted octanol–water partition coefficient (Wildman–Crippen LogP) is 3.36. The molecule has 0 fully saturated rings. The molecule has 0 aliphatic carbocycles. The van der Waals surface area contributed by atoms with Crippen LogP contribution in [-0.4, -0.2) is 49.4 Å². The van der Waals surface area contributed by atoms with E-state index in [0.29, 0.717) is 27.8 Å². The molecule has 2 N–H and O–H groups in total. The summed E-state index contributed by atoms with van der Waals surface area (Å²) in [6, 6.07) is 11.1. The van der Waals surface area contributed by atoms with Crippen molar-refractivity contribution in [3.63, 3.8) is 0 Å². The summed E-state index contributed by atoms with van der Waals surface area (Å²) < 4.78 is 4.65. The molecule has 0 aliphatic rings. The fraction of sp³-hybridized carbons (Fsp3) is 0.286. The molecular formula is C21H23Cl2N3O4. The Morgan fingerprint density at radius 1 is 1.07 bits per heavy atom. The van der Waals surface area contributed by atoms with Gasteiger partial charge in [0, 0.05) is 6.54 Å². The van der Waals surface area contributed by atoms with Gasteiger partial charge in [-0.3, -0.25) is 14.5 Å². The third kappa shape index (κ3) is 6.45. The van der Waals surface area contributed by atoms with Crippen molar-refractivity contribution in [3.05, 3.63) is 63.6 Å². The summed E-state index contributed by atoms with van der Waals surface area (Å²) in [6.07, 6.45) is 0. The van der Waals surface area contributed by atoms with E-state index >= 15 is 0 Å². The number of methoxy groups -OCH3 is 1. The van der Waals surface area contributed by atoms with Crippen LogP contribution in [0.5, 0.6) is 0 Å². The number of likely N-dealkylation sites (N-methyl/N-ethyl adjacent to an activating group) is 1. The minimum Gasteiger partial charge on any atom is -0.465 e. The average molecular weight is 452 g/mol. The second-order valence-electron chi connectivity index (χ2n) is 6.64. The van der Waals surface area contributed by atoms with E-state index in [1.54, 1.807) is 61.3 Å². The van der Waals surface area contributed by atoms with Gasteiger partial charge in [0.25, 0.3) is 0 Å². The first-order valence-corrected chi connectivity index (χ1v) is 9.87. The zero-order valence-electron chi connectivity index (χ0n) is 16.9. The van der Waals surface area contributed by atoms with Crippen LogP contribution in [0.1, 0.15) is 22.8 Å². The molecule has 2 rings (SSSR count). The minimum atomic E-state index is -0.549. The Morgan fingerprint density at radius 2 is 1.67 bits per heavy atom. The first-order chi connectivity index (χ1) is 14.2. The average Bonchev–Trinajstić information content (AvgIpc) is 2.73. The van der Waals surface area contributed by atoms with E-state index in [1.807, 2.05) is 0 Å². The standard InChI is InChI=1S/C21H23Cl2N3O4/c1-13(20(28)24-11-14-7-9-15(10-8-14)21(29)30-3)26(2)12-18(27)25-19-16(22)5-4-6-17(19)23/h4-10,13H,11-12H2,1-3H3,(H,24,28)(H,25,27). The third-order valence-corrected chi connectivity index (χ3v) is 5.13. The van der Waals surface area contributed by atoms with Gasteiger partial charge in [0.05, 0.1) is 41.0 Å². The molecule has 0 spiro atoms. The largest absolute Gasteiger partial charge is 0.465 e. The molecule has 0 saturated heterocycles. The Hall–Kier alpha value is -2.61. The van der Waals surface area contributed by atoms with Gasteiger partial charge < -0.3 is 15.4 Å². The van der Waals surface area contributed by atoms with Crippen LogP contribution in [0.15, 0.2) is 42.5 Å². The molecule has 0 heterocycles. The maximum Gasteiger partial charge on any atom is 0.337 e. The lowest BCUT2D eigenvalue weighted by Gasteiger charge is -2.23. The number of rotatable bonds is 8. The number of carbonyl (C=O) groups excluding carboxylic acids is 3. The van der Waals surface area contributed by atoms with Crippen LogP contribution in [0.3, 0.4) is 0 Å². The molecule has 0 aliphatic heterocycles. The predicted molar refractivity (Wildman–Crippen MR) is 117 cm³/mol. The fourth-order valence-corrected chi connectivity index (χ4v) is 3.07. The molecule has 2 aromatic rings. The summed E-state index contributed by atoms with van der Waals surface area (Å²) in [6.45, 7) is 1.97. The molecule has 0 aromatic heterocycles. The van der Waals surface area contributed by atoms with Crippen molar-refractivity contribution in [2.45, 2.75) is 19.5 Å². The number of benzene rings is 2. The van der Waals surface area contributed by atoms with Crippen LogP contribution in [0.25, 0.3) is 0 Å². The topological polar surface area (TPSA) is 87.7 Å². The van der Waals surface area contributed by atoms with E-state index in [9.17, 15) is 14.4 Å². The van der Waals surface area contributed by atoms with Crippen LogP contribution in [0.2, 0.25) is 10.0 Å². The number of esters is 1. The number of para-hydroxylation sites is 1. The SMILES string of the molecule is COC(=O)c1ccc(CNC(=O)C(C)N(C)CC(=O)Nc2c(Cl)cccc2Cl)cc1. The molecule has 0 saturated carbocycles. The zero-order chi connectivity index (χ0) is 22.3. The minimum absolute atomic E-state index is 0.0238. The normalized spacial score (nSPS) is 11.7. The van der Waals surface area contributed by atoms with Gasteiger partial charge in [-0.15, -0.1) is 0 Å². The van der Waals surface area contributed by atoms with Crippen molar-refractivity contribution in [1.29, 1.82) is 0 Å². The molecular weight excluding hydrogens is 429 g/mol. The first kappa shape index (κ1) is 23.7. The first-order valence-electron chi connectivity index (χ1n) is 9.12. The summed E-state index contributed by atoms with van der Waals surface area (Å²) in [5, 5.41) is 6.15. The van der Waals surface area contributed by atoms with Crippen LogP contribution < -0.4 is 10.6 Å². The highest BCUT2D eigenvalue weighted by molar-refractivity contribution is 6.39. The van der Waals surface area contributed by atoms with Gasteiger partial charge in [0.1, 0.15) is 0 Å². The Kier molecular flexibility index (Phi) is 8.65. The van der Waals surface area contributed by atoms with Gasteiger partial charge in [-0.2, -0.15) is 0 Å². The van der Waals surface area contributed by atoms with Crippen molar-refractivity contribution in [2.75, 3.05) is 26.0 Å². The van der Waals surface area contributed by atoms with Crippen molar-refractivity contribution in [3.8, 4) is 0 Å². The second-order valence-corrected chi connectivity index (χ2v) is 7.46. The van der Waals surface area contributed by atoms with Gasteiger partial charge in [0.15, 0.2) is 0 Å². The number of ether oxygens (including phenoxy) is 1. The number of halogens is 2. The van der Waals surface area contributed by atoms with Crippen LogP contribution in [-0.2, 0) is 20.9 Å². The number of carbonyl (C=O) groups is 3. The van der Waals surface area contributed by atoms with Crippen LogP contribution in [0, 0.1) is 0 Å². The monoisotopic (exact) mass is 451 g/mol. The van der Waals surface area contributed by atoms with Crippen LogP contribution in [0.4, 0.5) is 5.69 Å². The number of anilines is 1. The van der Waals surface area contributed by atoms with Gasteiger partial charge in [0.2, 0.25) is 11.8 Å². The summed E-state index contributed by atoms with van der Waals surface area (Å²) in [4.78, 5) is 37.8. The molecule has 0 bridgehead atoms. The van der Waals surface area contributed by atoms with E-state index in [0.717, 1.165) is 5.56 Å². The Balaban J connectivity index is 1.86. The number of hydrogen-bond donors (Lipinski definition) is 2. The lowest BCUT2D eigenvalue weighted by atomic mass is 10.1. The van der Waals surface area contributed by atoms with Crippen molar-refractivity contribution < 1.29 is 19.1 Å². The summed E-state index contributed by atoms with van der Waals surface area (Å²) in [5.74, 6) is -0.999. The number of hydrogen-bond acceptors (Lipinski definition) is 5. The summed E-state index contributed by atoms with van der Waals surface area (Å²) >= 11 is 12.1. The van der Waals surface area contributed by atoms with Gasteiger partial charge >= 0.3 is 5.97 Å². The fourth-order valence-electron chi connectivity index (χ4n) is 2.57. The number of amides is 2. The van der Waals surface area contributed by atoms with E-state index in [2.05, 4.69) is 15.4 Å². The van der Waals surface area contributed by atoms with Gasteiger partial charge in [-0.1, -0.05) is 41.4 Å². The highest BCUT2D eigenvalue weighted by Gasteiger charge is 2.20. The molecule has 0 radical (unpaired) electrons. The summed E-state index contributed by atoms with van der Waals surface area (Å²) in [7, 11) is 2.99. The van der Waals surface area contributed by atoms with Crippen molar-refractivity contribution >= 4 is 46.7 Å². The highest BCUT2D eigenvalue weighted by atomic mass is 35.5. The number of nitrogens with one attached hydrogen (secondary N) is 2. The number of nitrogens with zero attached hydrogens (tertiary/aromatic N) is 1. The van der Waals surface area contributed by atoms with E-state index < -0.39 is 12.0 Å². The highest BCUT2D eigenvalue weighted by Crippen LogP contribution is 2.29. The Bertz CT molecular complexity index is 899. The molecule has 7 nitrogen and oxygen atoms in total. The maximum absolute atomic E-state index is 12.4. The van der Waals surface area contributed by atoms with Crippen LogP contribution >= 0.6 is 23.2 Å². The van der Waals surface area contributed by atoms with E-state index in [-0.39, 0.29) is 18.4 Å². The molecule has 2 amide bonds. The molecule has 9 heteroatoms. The quantitative estimate of drug-likeness (QED) is 0.600. The van der Waals surface area contributed by atoms with Gasteiger partial charge in [-0.05, 0) is 43.8 Å². The Labute approximate surface area is 185 Å². The van der Waals surface area contributed by atoms with Crippen molar-refractivity contribution in [2.24, 2.45) is 0 Å². The molecule has 30 heavy (non-hydrogen) atoms. The van der Waals surface area contributed by atoms with Crippen molar-refractivity contribution in [1.82, 2.24) is 10.2 Å². The second kappa shape index (κ2) is 11.0. The van der Waals surface area contributed by atoms with E-state index in [1.165, 1.54) is 7.11 Å². The van der Waals surface area contributed by atoms with Gasteiger partial charge in [-0.25, -0.2) is 4.79 Å². The molecule has 160 valence electrons. The summed E-state index contributed by atoms with van der Waals surface area (Å²) in [5.41, 5.74) is 1.61. The maximum atomic E-state index is 12.4. The Morgan fingerprint density at radius 3 is 2.23 bits per heavy atom. The van der Waals surface area contributed by atoms with E-state index in [4.69, 9.17) is 23.2 Å². The lowest BCUT2D eigenvalue weighted by molar-refractivity contribution is -0.126. The molecule has 1 atom stereocenters.